The van der Waals surface area contributed by atoms with Crippen LogP contribution in [0, 0.1) is 6.92 Å². The number of hydrogen-bond donors (Lipinski definition) is 1. The van der Waals surface area contributed by atoms with Crippen LogP contribution in [0.5, 0.6) is 0 Å². The van der Waals surface area contributed by atoms with Gasteiger partial charge in [0.1, 0.15) is 5.60 Å². The van der Waals surface area contributed by atoms with Crippen molar-refractivity contribution in [1.29, 1.82) is 0 Å². The monoisotopic (exact) mass is 368 g/mol. The number of ether oxygens (including phenoxy) is 1. The number of carbonyl (C=O) groups is 2. The van der Waals surface area contributed by atoms with Crippen molar-refractivity contribution < 1.29 is 14.3 Å². The molecule has 0 spiro atoms. The molecule has 1 N–H and O–H groups in total. The van der Waals surface area contributed by atoms with E-state index in [-0.39, 0.29) is 5.91 Å². The second kappa shape index (κ2) is 8.71. The zero-order chi connectivity index (χ0) is 20.0. The van der Waals surface area contributed by atoms with E-state index < -0.39 is 11.7 Å². The number of carbonyl (C=O) groups excluding carboxylic acids is 2. The first-order chi connectivity index (χ1) is 12.7. The fraction of sp³-hybridized carbons (Fsp3) is 0.364. The lowest BCUT2D eigenvalue weighted by Gasteiger charge is -2.23. The Morgan fingerprint density at radius 3 is 2.30 bits per heavy atom. The Morgan fingerprint density at radius 1 is 1.04 bits per heavy atom. The van der Waals surface area contributed by atoms with Gasteiger partial charge in [-0.15, -0.1) is 0 Å². The van der Waals surface area contributed by atoms with Gasteiger partial charge >= 0.3 is 6.09 Å². The average molecular weight is 368 g/mol. The molecule has 144 valence electrons. The zero-order valence-electron chi connectivity index (χ0n) is 16.7. The highest BCUT2D eigenvalue weighted by atomic mass is 16.6. The highest BCUT2D eigenvalue weighted by molar-refractivity contribution is 5.99. The molecule has 0 aliphatic carbocycles. The van der Waals surface area contributed by atoms with Crippen LogP contribution >= 0.6 is 0 Å². The number of benzene rings is 2. The van der Waals surface area contributed by atoms with Gasteiger partial charge in [0.25, 0.3) is 0 Å². The molecule has 0 heterocycles. The molecule has 2 amide bonds. The van der Waals surface area contributed by atoms with Crippen LogP contribution in [0.2, 0.25) is 0 Å². The van der Waals surface area contributed by atoms with Gasteiger partial charge < -0.3 is 9.64 Å². The van der Waals surface area contributed by atoms with Crippen molar-refractivity contribution in [3.8, 4) is 0 Å². The van der Waals surface area contributed by atoms with Gasteiger partial charge in [-0.2, -0.15) is 0 Å². The fourth-order valence-electron chi connectivity index (χ4n) is 2.59. The van der Waals surface area contributed by atoms with E-state index in [1.807, 2.05) is 37.3 Å². The van der Waals surface area contributed by atoms with Gasteiger partial charge in [-0.1, -0.05) is 42.0 Å². The van der Waals surface area contributed by atoms with E-state index in [0.29, 0.717) is 24.2 Å². The summed E-state index contributed by atoms with van der Waals surface area (Å²) in [6, 6.07) is 15.4. The Bertz CT molecular complexity index is 792. The van der Waals surface area contributed by atoms with Crippen LogP contribution in [-0.2, 0) is 16.0 Å². The number of anilines is 2. The van der Waals surface area contributed by atoms with Crippen LogP contribution in [0.1, 0.15) is 38.3 Å². The summed E-state index contributed by atoms with van der Waals surface area (Å²) in [7, 11) is 1.72. The van der Waals surface area contributed by atoms with Crippen LogP contribution in [0.3, 0.4) is 0 Å². The summed E-state index contributed by atoms with van der Waals surface area (Å²) in [6.07, 6.45) is 0.515. The third kappa shape index (κ3) is 6.44. The lowest BCUT2D eigenvalue weighted by atomic mass is 10.1. The molecule has 0 aliphatic rings. The Kier molecular flexibility index (Phi) is 6.61. The quantitative estimate of drug-likeness (QED) is 0.813. The Morgan fingerprint density at radius 2 is 1.67 bits per heavy atom. The molecule has 2 rings (SSSR count). The van der Waals surface area contributed by atoms with Crippen LogP contribution in [0.15, 0.2) is 48.5 Å². The molecule has 2 aromatic rings. The predicted molar refractivity (Wildman–Crippen MR) is 109 cm³/mol. The largest absolute Gasteiger partial charge is 0.444 e. The van der Waals surface area contributed by atoms with Crippen molar-refractivity contribution in [3.63, 3.8) is 0 Å². The summed E-state index contributed by atoms with van der Waals surface area (Å²) in [5.41, 5.74) is 2.91. The molecular weight excluding hydrogens is 340 g/mol. The number of nitrogens with one attached hydrogen (secondary N) is 1. The van der Waals surface area contributed by atoms with Gasteiger partial charge in [-0.3, -0.25) is 10.1 Å². The highest BCUT2D eigenvalue weighted by Crippen LogP contribution is 2.26. The van der Waals surface area contributed by atoms with Crippen LogP contribution in [0.4, 0.5) is 16.2 Å². The third-order valence-corrected chi connectivity index (χ3v) is 4.02. The molecule has 0 unspecified atom stereocenters. The summed E-state index contributed by atoms with van der Waals surface area (Å²) in [4.78, 5) is 26.3. The number of amides is 2. The van der Waals surface area contributed by atoms with Crippen LogP contribution in [-0.4, -0.2) is 24.6 Å². The van der Waals surface area contributed by atoms with Gasteiger partial charge in [0.2, 0.25) is 5.91 Å². The molecule has 27 heavy (non-hydrogen) atoms. The summed E-state index contributed by atoms with van der Waals surface area (Å²) in [5, 5.41) is 2.73. The van der Waals surface area contributed by atoms with Gasteiger partial charge in [0, 0.05) is 13.5 Å². The van der Waals surface area contributed by atoms with Crippen molar-refractivity contribution in [2.45, 2.75) is 46.1 Å². The fourth-order valence-corrected chi connectivity index (χ4v) is 2.59. The van der Waals surface area contributed by atoms with Crippen molar-refractivity contribution in [1.82, 2.24) is 0 Å². The van der Waals surface area contributed by atoms with E-state index in [0.717, 1.165) is 5.56 Å². The highest BCUT2D eigenvalue weighted by Gasteiger charge is 2.19. The van der Waals surface area contributed by atoms with Crippen molar-refractivity contribution in [2.24, 2.45) is 0 Å². The topological polar surface area (TPSA) is 58.6 Å². The summed E-state index contributed by atoms with van der Waals surface area (Å²) in [5.74, 6) is -0.0194. The first kappa shape index (κ1) is 20.5. The summed E-state index contributed by atoms with van der Waals surface area (Å²) in [6.45, 7) is 7.45. The van der Waals surface area contributed by atoms with Crippen LogP contribution < -0.4 is 10.2 Å². The number of aryl methyl sites for hydroxylation is 2. The molecule has 0 atom stereocenters. The molecule has 0 saturated carbocycles. The minimum Gasteiger partial charge on any atom is -0.444 e. The van der Waals surface area contributed by atoms with Crippen LogP contribution in [0.25, 0.3) is 0 Å². The first-order valence-corrected chi connectivity index (χ1v) is 9.07. The lowest BCUT2D eigenvalue weighted by molar-refractivity contribution is -0.118. The lowest BCUT2D eigenvalue weighted by Crippen LogP contribution is -2.30. The molecule has 0 saturated heterocycles. The smallest absolute Gasteiger partial charge is 0.412 e. The maximum absolute atomic E-state index is 12.6. The van der Waals surface area contributed by atoms with Crippen molar-refractivity contribution in [3.05, 3.63) is 59.7 Å². The molecule has 0 aromatic heterocycles. The van der Waals surface area contributed by atoms with E-state index in [1.54, 1.807) is 50.9 Å². The maximum atomic E-state index is 12.6. The SMILES string of the molecule is Cc1ccc(CCC(=O)N(C)c2ccccc2NC(=O)OC(C)(C)C)cc1. The molecule has 5 heteroatoms. The second-order valence-corrected chi connectivity index (χ2v) is 7.58. The van der Waals surface area contributed by atoms with Gasteiger partial charge in [-0.25, -0.2) is 4.79 Å². The molecule has 0 fully saturated rings. The van der Waals surface area contributed by atoms with Crippen molar-refractivity contribution in [2.75, 3.05) is 17.3 Å². The maximum Gasteiger partial charge on any atom is 0.412 e. The zero-order valence-corrected chi connectivity index (χ0v) is 16.7. The van der Waals surface area contributed by atoms with E-state index in [9.17, 15) is 9.59 Å². The van der Waals surface area contributed by atoms with E-state index in [4.69, 9.17) is 4.74 Å². The first-order valence-electron chi connectivity index (χ1n) is 9.07. The van der Waals surface area contributed by atoms with E-state index in [1.165, 1.54) is 5.56 Å². The van der Waals surface area contributed by atoms with E-state index in [2.05, 4.69) is 5.32 Å². The average Bonchev–Trinajstić information content (AvgIpc) is 2.59. The van der Waals surface area contributed by atoms with E-state index >= 15 is 0 Å². The van der Waals surface area contributed by atoms with Crippen molar-refractivity contribution >= 4 is 23.4 Å². The molecule has 0 bridgehead atoms. The molecule has 0 aliphatic heterocycles. The Hall–Kier alpha value is -2.82. The summed E-state index contributed by atoms with van der Waals surface area (Å²) < 4.78 is 5.30. The standard InChI is InChI=1S/C22H28N2O3/c1-16-10-12-17(13-11-16)14-15-20(25)24(5)19-9-7-6-8-18(19)23-21(26)27-22(2,3)4/h6-13H,14-15H2,1-5H3,(H,23,26). The third-order valence-electron chi connectivity index (χ3n) is 4.02. The van der Waals surface area contributed by atoms with Gasteiger partial charge in [0.05, 0.1) is 11.4 Å². The molecular formula is C22H28N2O3. The second-order valence-electron chi connectivity index (χ2n) is 7.58. The van der Waals surface area contributed by atoms with Gasteiger partial charge in [-0.05, 0) is 51.8 Å². The van der Waals surface area contributed by atoms with Gasteiger partial charge in [0.15, 0.2) is 0 Å². The number of nitrogens with zero attached hydrogens (tertiary/aromatic N) is 1. The Balaban J connectivity index is 2.04. The molecule has 2 aromatic carbocycles. The number of para-hydroxylation sites is 2. The minimum atomic E-state index is -0.589. The number of hydrogen-bond acceptors (Lipinski definition) is 3. The molecule has 5 nitrogen and oxygen atoms in total. The normalized spacial score (nSPS) is 11.0. The Labute approximate surface area is 161 Å². The number of rotatable bonds is 5. The minimum absolute atomic E-state index is 0.0194. The summed E-state index contributed by atoms with van der Waals surface area (Å²) >= 11 is 0. The molecule has 0 radical (unpaired) electrons. The predicted octanol–water partition coefficient (Wildman–Crippen LogP) is 4.94.